The van der Waals surface area contributed by atoms with Gasteiger partial charge in [0.1, 0.15) is 5.15 Å². The third-order valence-corrected chi connectivity index (χ3v) is 2.64. The zero-order valence-corrected chi connectivity index (χ0v) is 10.5. The highest BCUT2D eigenvalue weighted by molar-refractivity contribution is 6.29. The molecule has 0 radical (unpaired) electrons. The largest absolute Gasteiger partial charge is 0.494 e. The van der Waals surface area contributed by atoms with Crippen molar-refractivity contribution < 1.29 is 14.1 Å². The van der Waals surface area contributed by atoms with Crippen LogP contribution in [-0.4, -0.2) is 17.0 Å². The van der Waals surface area contributed by atoms with E-state index in [0.29, 0.717) is 0 Å². The Bertz CT molecular complexity index is 649. The minimum absolute atomic E-state index is 0.0296. The van der Waals surface area contributed by atoms with Gasteiger partial charge < -0.3 is 4.74 Å². The molecule has 0 aliphatic heterocycles. The van der Waals surface area contributed by atoms with E-state index in [0.717, 1.165) is 12.1 Å². The average molecular weight is 283 g/mol. The van der Waals surface area contributed by atoms with E-state index in [1.807, 2.05) is 0 Å². The minimum atomic E-state index is -0.644. The van der Waals surface area contributed by atoms with Crippen molar-refractivity contribution in [2.45, 2.75) is 0 Å². The van der Waals surface area contributed by atoms with Gasteiger partial charge in [0.25, 0.3) is 5.69 Å². The maximum atomic E-state index is 14.0. The summed E-state index contributed by atoms with van der Waals surface area (Å²) >= 11 is 5.70. The molecule has 0 saturated carbocycles. The molecule has 0 aliphatic rings. The molecule has 1 aromatic heterocycles. The third kappa shape index (κ3) is 2.63. The molecule has 0 spiro atoms. The van der Waals surface area contributed by atoms with Gasteiger partial charge in [0.15, 0.2) is 11.6 Å². The van der Waals surface area contributed by atoms with Crippen molar-refractivity contribution in [1.29, 1.82) is 0 Å². The van der Waals surface area contributed by atoms with Gasteiger partial charge in [-0.1, -0.05) is 17.7 Å². The first-order valence-corrected chi connectivity index (χ1v) is 5.55. The number of hydrogen-bond acceptors (Lipinski definition) is 4. The second kappa shape index (κ2) is 5.19. The van der Waals surface area contributed by atoms with E-state index in [4.69, 9.17) is 16.3 Å². The summed E-state index contributed by atoms with van der Waals surface area (Å²) in [4.78, 5) is 14.0. The van der Waals surface area contributed by atoms with E-state index < -0.39 is 10.7 Å². The second-order valence-corrected chi connectivity index (χ2v) is 4.00. The van der Waals surface area contributed by atoms with Crippen molar-refractivity contribution in [3.8, 4) is 17.0 Å². The zero-order chi connectivity index (χ0) is 14.0. The summed E-state index contributed by atoms with van der Waals surface area (Å²) < 4.78 is 18.9. The predicted molar refractivity (Wildman–Crippen MR) is 67.8 cm³/mol. The van der Waals surface area contributed by atoms with E-state index in [1.54, 1.807) is 6.07 Å². The lowest BCUT2D eigenvalue weighted by atomic mass is 10.1. The number of nitrogens with zero attached hydrogens (tertiary/aromatic N) is 2. The lowest BCUT2D eigenvalue weighted by Gasteiger charge is -2.07. The SMILES string of the molecule is COc1cccc(-c2cc([N+](=O)[O-])cc(Cl)n2)c1F. The van der Waals surface area contributed by atoms with E-state index >= 15 is 0 Å². The highest BCUT2D eigenvalue weighted by Crippen LogP contribution is 2.30. The lowest BCUT2D eigenvalue weighted by Crippen LogP contribution is -1.95. The number of nitro groups is 1. The first-order chi connectivity index (χ1) is 9.02. The number of benzene rings is 1. The van der Waals surface area contributed by atoms with E-state index in [1.165, 1.54) is 19.2 Å². The fourth-order valence-corrected chi connectivity index (χ4v) is 1.80. The molecule has 0 aliphatic carbocycles. The summed E-state index contributed by atoms with van der Waals surface area (Å²) in [6.07, 6.45) is 0. The molecule has 0 amide bonds. The number of aromatic nitrogens is 1. The molecule has 2 rings (SSSR count). The molecule has 0 fully saturated rings. The Morgan fingerprint density at radius 2 is 2.16 bits per heavy atom. The summed E-state index contributed by atoms with van der Waals surface area (Å²) in [5.41, 5.74) is -0.0854. The number of halogens is 2. The summed E-state index contributed by atoms with van der Waals surface area (Å²) in [5.74, 6) is -0.615. The van der Waals surface area contributed by atoms with Crippen molar-refractivity contribution >= 4 is 17.3 Å². The fourth-order valence-electron chi connectivity index (χ4n) is 1.59. The fraction of sp³-hybridized carbons (Fsp3) is 0.0833. The normalized spacial score (nSPS) is 10.3. The van der Waals surface area contributed by atoms with Crippen LogP contribution >= 0.6 is 11.6 Å². The van der Waals surface area contributed by atoms with E-state index in [9.17, 15) is 14.5 Å². The van der Waals surface area contributed by atoms with Crippen LogP contribution in [0.4, 0.5) is 10.1 Å². The van der Waals surface area contributed by atoms with Crippen molar-refractivity contribution in [1.82, 2.24) is 4.98 Å². The number of rotatable bonds is 3. The monoisotopic (exact) mass is 282 g/mol. The summed E-state index contributed by atoms with van der Waals surface area (Å²) in [6, 6.07) is 6.70. The van der Waals surface area contributed by atoms with Gasteiger partial charge >= 0.3 is 0 Å². The molecule has 0 N–H and O–H groups in total. The number of methoxy groups -OCH3 is 1. The van der Waals surface area contributed by atoms with E-state index in [2.05, 4.69) is 4.98 Å². The molecule has 1 heterocycles. The Morgan fingerprint density at radius 3 is 2.79 bits per heavy atom. The van der Waals surface area contributed by atoms with Crippen molar-refractivity contribution in [2.24, 2.45) is 0 Å². The third-order valence-electron chi connectivity index (χ3n) is 2.45. The number of pyridine rings is 1. The maximum Gasteiger partial charge on any atom is 0.274 e. The van der Waals surface area contributed by atoms with Crippen LogP contribution in [0.1, 0.15) is 0 Å². The molecule has 5 nitrogen and oxygen atoms in total. The van der Waals surface area contributed by atoms with Crippen LogP contribution < -0.4 is 4.74 Å². The topological polar surface area (TPSA) is 65.3 Å². The van der Waals surface area contributed by atoms with Crippen LogP contribution in [0.3, 0.4) is 0 Å². The molecular formula is C12H8ClFN2O3. The first kappa shape index (κ1) is 13.2. The average Bonchev–Trinajstić information content (AvgIpc) is 2.38. The molecule has 19 heavy (non-hydrogen) atoms. The summed E-state index contributed by atoms with van der Waals surface area (Å²) in [6.45, 7) is 0. The zero-order valence-electron chi connectivity index (χ0n) is 9.76. The van der Waals surface area contributed by atoms with Crippen molar-refractivity contribution in [2.75, 3.05) is 7.11 Å². The minimum Gasteiger partial charge on any atom is -0.494 e. The molecule has 7 heteroatoms. The van der Waals surface area contributed by atoms with Crippen molar-refractivity contribution in [3.05, 3.63) is 51.4 Å². The Kier molecular flexibility index (Phi) is 3.62. The standard InChI is InChI=1S/C12H8ClFN2O3/c1-19-10-4-2-3-8(12(10)14)9-5-7(16(17)18)6-11(13)15-9/h2-6H,1H3. The highest BCUT2D eigenvalue weighted by Gasteiger charge is 2.16. The van der Waals surface area contributed by atoms with Gasteiger partial charge in [-0.2, -0.15) is 0 Å². The van der Waals surface area contributed by atoms with E-state index in [-0.39, 0.29) is 27.8 Å². The van der Waals surface area contributed by atoms with Crippen LogP contribution in [0.25, 0.3) is 11.3 Å². The molecule has 2 aromatic rings. The number of hydrogen-bond donors (Lipinski definition) is 0. The van der Waals surface area contributed by atoms with Crippen LogP contribution in [0.15, 0.2) is 30.3 Å². The van der Waals surface area contributed by atoms with Gasteiger partial charge in [0, 0.05) is 11.6 Å². The Balaban J connectivity index is 2.62. The van der Waals surface area contributed by atoms with Crippen LogP contribution in [0, 0.1) is 15.9 Å². The van der Waals surface area contributed by atoms with Crippen LogP contribution in [0.2, 0.25) is 5.15 Å². The Morgan fingerprint density at radius 1 is 1.42 bits per heavy atom. The molecule has 0 unspecified atom stereocenters. The smallest absolute Gasteiger partial charge is 0.274 e. The molecule has 98 valence electrons. The number of ether oxygens (including phenoxy) is 1. The molecule has 0 atom stereocenters. The highest BCUT2D eigenvalue weighted by atomic mass is 35.5. The molecule has 1 aromatic carbocycles. The molecule has 0 bridgehead atoms. The Hall–Kier alpha value is -2.21. The first-order valence-electron chi connectivity index (χ1n) is 5.18. The second-order valence-electron chi connectivity index (χ2n) is 3.61. The van der Waals surface area contributed by atoms with Gasteiger partial charge in [0.2, 0.25) is 0 Å². The van der Waals surface area contributed by atoms with Gasteiger partial charge in [-0.15, -0.1) is 0 Å². The summed E-state index contributed by atoms with van der Waals surface area (Å²) in [5, 5.41) is 10.7. The maximum absolute atomic E-state index is 14.0. The van der Waals surface area contributed by atoms with Crippen LogP contribution in [-0.2, 0) is 0 Å². The van der Waals surface area contributed by atoms with Crippen LogP contribution in [0.5, 0.6) is 5.75 Å². The van der Waals surface area contributed by atoms with Gasteiger partial charge in [-0.3, -0.25) is 10.1 Å². The van der Waals surface area contributed by atoms with Gasteiger partial charge in [0.05, 0.1) is 23.8 Å². The van der Waals surface area contributed by atoms with Gasteiger partial charge in [-0.05, 0) is 12.1 Å². The predicted octanol–water partition coefficient (Wildman–Crippen LogP) is 3.46. The van der Waals surface area contributed by atoms with Crippen molar-refractivity contribution in [3.63, 3.8) is 0 Å². The molecular weight excluding hydrogens is 275 g/mol. The molecule has 0 saturated heterocycles. The van der Waals surface area contributed by atoms with Gasteiger partial charge in [-0.25, -0.2) is 9.37 Å². The quantitative estimate of drug-likeness (QED) is 0.491. The summed E-state index contributed by atoms with van der Waals surface area (Å²) in [7, 11) is 1.33. The Labute approximate surface area is 112 Å². The lowest BCUT2D eigenvalue weighted by molar-refractivity contribution is -0.384.